The van der Waals surface area contributed by atoms with E-state index in [1.165, 1.54) is 19.3 Å². The topological polar surface area (TPSA) is 41.6 Å². The Morgan fingerprint density at radius 1 is 1.21 bits per heavy atom. The monoisotopic (exact) mass is 268 g/mol. The van der Waals surface area contributed by atoms with Gasteiger partial charge in [0.25, 0.3) is 0 Å². The number of hydrogen-bond donors (Lipinski definition) is 1. The summed E-state index contributed by atoms with van der Waals surface area (Å²) in [6.45, 7) is 9.67. The fourth-order valence-electron chi connectivity index (χ4n) is 3.08. The summed E-state index contributed by atoms with van der Waals surface area (Å²) in [6, 6.07) is 1.10. The Hall–Kier alpha value is -0.770. The Bertz CT molecular complexity index is 325. The van der Waals surface area contributed by atoms with E-state index in [4.69, 9.17) is 4.74 Å². The van der Waals surface area contributed by atoms with E-state index in [9.17, 15) is 4.79 Å². The van der Waals surface area contributed by atoms with Crippen molar-refractivity contribution in [2.45, 2.75) is 71.1 Å². The summed E-state index contributed by atoms with van der Waals surface area (Å²) < 4.78 is 5.42. The molecule has 0 aromatic carbocycles. The Labute approximate surface area is 116 Å². The number of carbonyl (C=O) groups is 1. The second kappa shape index (κ2) is 5.70. The summed E-state index contributed by atoms with van der Waals surface area (Å²) in [6.07, 6.45) is 4.77. The van der Waals surface area contributed by atoms with Gasteiger partial charge in [0.05, 0.1) is 0 Å². The number of nitrogens with one attached hydrogen (secondary N) is 1. The number of rotatable bonds is 2. The highest BCUT2D eigenvalue weighted by Gasteiger charge is 2.32. The van der Waals surface area contributed by atoms with Crippen molar-refractivity contribution < 1.29 is 9.53 Å². The molecular formula is C15H28N2O2. The third-order valence-electron chi connectivity index (χ3n) is 4.01. The summed E-state index contributed by atoms with van der Waals surface area (Å²) in [5.41, 5.74) is -0.399. The second-order valence-corrected chi connectivity index (χ2v) is 7.19. The van der Waals surface area contributed by atoms with Crippen LogP contribution in [0.3, 0.4) is 0 Å². The molecule has 0 radical (unpaired) electrons. The first-order valence-electron chi connectivity index (χ1n) is 7.57. The van der Waals surface area contributed by atoms with Crippen molar-refractivity contribution in [2.24, 2.45) is 5.92 Å². The molecule has 3 unspecified atom stereocenters. The third kappa shape index (κ3) is 4.37. The van der Waals surface area contributed by atoms with E-state index in [-0.39, 0.29) is 6.09 Å². The summed E-state index contributed by atoms with van der Waals surface area (Å²) in [7, 11) is 0. The highest BCUT2D eigenvalue weighted by atomic mass is 16.6. The van der Waals surface area contributed by atoms with Gasteiger partial charge in [-0.25, -0.2) is 4.79 Å². The molecule has 2 rings (SSSR count). The van der Waals surface area contributed by atoms with Gasteiger partial charge in [-0.1, -0.05) is 6.92 Å². The normalized spacial score (nSPS) is 31.8. The van der Waals surface area contributed by atoms with Gasteiger partial charge in [-0.3, -0.25) is 0 Å². The Kier molecular flexibility index (Phi) is 4.39. The first kappa shape index (κ1) is 14.6. The fourth-order valence-corrected chi connectivity index (χ4v) is 3.08. The van der Waals surface area contributed by atoms with Gasteiger partial charge < -0.3 is 15.0 Å². The molecule has 2 fully saturated rings. The van der Waals surface area contributed by atoms with Crippen molar-refractivity contribution in [1.82, 2.24) is 10.2 Å². The zero-order chi connectivity index (χ0) is 14.0. The number of carbonyl (C=O) groups excluding carboxylic acids is 1. The minimum absolute atomic E-state index is 0.170. The van der Waals surface area contributed by atoms with Crippen molar-refractivity contribution >= 4 is 6.09 Å². The average Bonchev–Trinajstić information content (AvgIpc) is 2.86. The van der Waals surface area contributed by atoms with Gasteiger partial charge in [-0.2, -0.15) is 0 Å². The zero-order valence-electron chi connectivity index (χ0n) is 12.7. The molecule has 1 amide bonds. The molecule has 19 heavy (non-hydrogen) atoms. The standard InChI is InChI=1S/C15H28N2O2/c1-11-5-6-12(9-11)16-13-7-8-17(10-13)14(18)19-15(2,3)4/h11-13,16H,5-10H2,1-4H3. The smallest absolute Gasteiger partial charge is 0.410 e. The van der Waals surface area contributed by atoms with Crippen molar-refractivity contribution in [3.05, 3.63) is 0 Å². The van der Waals surface area contributed by atoms with E-state index < -0.39 is 5.60 Å². The maximum absolute atomic E-state index is 12.0. The van der Waals surface area contributed by atoms with Crippen LogP contribution in [0.25, 0.3) is 0 Å². The van der Waals surface area contributed by atoms with Crippen molar-refractivity contribution in [3.8, 4) is 0 Å². The number of amides is 1. The molecule has 0 spiro atoms. The van der Waals surface area contributed by atoms with Gasteiger partial charge in [0.15, 0.2) is 0 Å². The van der Waals surface area contributed by atoms with E-state index in [2.05, 4.69) is 12.2 Å². The summed E-state index contributed by atoms with van der Waals surface area (Å²) in [5, 5.41) is 3.71. The molecule has 1 aliphatic heterocycles. The number of ether oxygens (including phenoxy) is 1. The second-order valence-electron chi connectivity index (χ2n) is 7.19. The highest BCUT2D eigenvalue weighted by molar-refractivity contribution is 5.68. The molecular weight excluding hydrogens is 240 g/mol. The minimum atomic E-state index is -0.399. The lowest BCUT2D eigenvalue weighted by molar-refractivity contribution is 0.0290. The van der Waals surface area contributed by atoms with Crippen LogP contribution in [-0.4, -0.2) is 41.8 Å². The average molecular weight is 268 g/mol. The zero-order valence-corrected chi connectivity index (χ0v) is 12.7. The fraction of sp³-hybridized carbons (Fsp3) is 0.933. The van der Waals surface area contributed by atoms with E-state index in [0.717, 1.165) is 25.4 Å². The highest BCUT2D eigenvalue weighted by Crippen LogP contribution is 2.26. The maximum atomic E-state index is 12.0. The van der Waals surface area contributed by atoms with E-state index >= 15 is 0 Å². The van der Waals surface area contributed by atoms with Crippen LogP contribution in [0.5, 0.6) is 0 Å². The quantitative estimate of drug-likeness (QED) is 0.837. The minimum Gasteiger partial charge on any atom is -0.444 e. The maximum Gasteiger partial charge on any atom is 0.410 e. The molecule has 4 heteroatoms. The molecule has 1 saturated heterocycles. The van der Waals surface area contributed by atoms with Crippen LogP contribution in [0, 0.1) is 5.92 Å². The molecule has 0 aromatic heterocycles. The molecule has 1 heterocycles. The molecule has 2 aliphatic rings. The summed E-state index contributed by atoms with van der Waals surface area (Å²) in [5.74, 6) is 0.848. The molecule has 1 N–H and O–H groups in total. The van der Waals surface area contributed by atoms with Gasteiger partial charge in [0.1, 0.15) is 5.60 Å². The predicted octanol–water partition coefficient (Wildman–Crippen LogP) is 2.77. The number of nitrogens with zero attached hydrogens (tertiary/aromatic N) is 1. The van der Waals surface area contributed by atoms with Crippen LogP contribution >= 0.6 is 0 Å². The first-order valence-corrected chi connectivity index (χ1v) is 7.57. The molecule has 0 bridgehead atoms. The van der Waals surface area contributed by atoms with Gasteiger partial charge in [-0.05, 0) is 52.4 Å². The number of likely N-dealkylation sites (tertiary alicyclic amines) is 1. The van der Waals surface area contributed by atoms with Crippen LogP contribution in [0.2, 0.25) is 0 Å². The lowest BCUT2D eigenvalue weighted by Crippen LogP contribution is -2.41. The summed E-state index contributed by atoms with van der Waals surface area (Å²) in [4.78, 5) is 13.8. The van der Waals surface area contributed by atoms with Gasteiger partial charge >= 0.3 is 6.09 Å². The van der Waals surface area contributed by atoms with Gasteiger partial charge in [-0.15, -0.1) is 0 Å². The molecule has 1 aliphatic carbocycles. The SMILES string of the molecule is CC1CCC(NC2CCN(C(=O)OC(C)(C)C)C2)C1. The molecule has 1 saturated carbocycles. The molecule has 3 atom stereocenters. The first-order chi connectivity index (χ1) is 8.83. The lowest BCUT2D eigenvalue weighted by Gasteiger charge is -2.25. The van der Waals surface area contributed by atoms with Crippen LogP contribution in [0.15, 0.2) is 0 Å². The molecule has 110 valence electrons. The molecule has 4 nitrogen and oxygen atoms in total. The van der Waals surface area contributed by atoms with E-state index in [0.29, 0.717) is 12.1 Å². The summed E-state index contributed by atoms with van der Waals surface area (Å²) >= 11 is 0. The third-order valence-corrected chi connectivity index (χ3v) is 4.01. The van der Waals surface area contributed by atoms with Crippen LogP contribution in [0.4, 0.5) is 4.79 Å². The Balaban J connectivity index is 1.75. The van der Waals surface area contributed by atoms with Gasteiger partial charge in [0.2, 0.25) is 0 Å². The predicted molar refractivity (Wildman–Crippen MR) is 76.2 cm³/mol. The van der Waals surface area contributed by atoms with E-state index in [1.807, 2.05) is 25.7 Å². The van der Waals surface area contributed by atoms with Crippen molar-refractivity contribution in [2.75, 3.05) is 13.1 Å². The van der Waals surface area contributed by atoms with E-state index in [1.54, 1.807) is 0 Å². The largest absolute Gasteiger partial charge is 0.444 e. The Morgan fingerprint density at radius 3 is 2.53 bits per heavy atom. The van der Waals surface area contributed by atoms with Gasteiger partial charge in [0, 0.05) is 25.2 Å². The van der Waals surface area contributed by atoms with Crippen LogP contribution in [-0.2, 0) is 4.74 Å². The molecule has 0 aromatic rings. The van der Waals surface area contributed by atoms with Crippen LogP contribution < -0.4 is 5.32 Å². The van der Waals surface area contributed by atoms with Crippen molar-refractivity contribution in [3.63, 3.8) is 0 Å². The van der Waals surface area contributed by atoms with Crippen LogP contribution in [0.1, 0.15) is 53.4 Å². The lowest BCUT2D eigenvalue weighted by atomic mass is 10.1. The number of hydrogen-bond acceptors (Lipinski definition) is 3. The van der Waals surface area contributed by atoms with Crippen molar-refractivity contribution in [1.29, 1.82) is 0 Å². The Morgan fingerprint density at radius 2 is 1.95 bits per heavy atom.